The van der Waals surface area contributed by atoms with Crippen molar-refractivity contribution in [3.05, 3.63) is 46.7 Å². The highest BCUT2D eigenvalue weighted by molar-refractivity contribution is 6.33. The van der Waals surface area contributed by atoms with Crippen LogP contribution in [0.15, 0.2) is 30.3 Å². The van der Waals surface area contributed by atoms with Crippen LogP contribution in [0.1, 0.15) is 5.56 Å². The average Bonchev–Trinajstić information content (AvgIpc) is 2.43. The molecular formula is C14H11ClFN3O. The molecule has 0 amide bonds. The third-order valence-corrected chi connectivity index (χ3v) is 3.03. The Kier molecular flexibility index (Phi) is 3.97. The lowest BCUT2D eigenvalue weighted by molar-refractivity contribution is 0.445. The van der Waals surface area contributed by atoms with Crippen molar-refractivity contribution in [3.63, 3.8) is 0 Å². The van der Waals surface area contributed by atoms with Gasteiger partial charge < -0.3 is 16.2 Å². The van der Waals surface area contributed by atoms with E-state index in [9.17, 15) is 4.39 Å². The molecule has 0 aliphatic heterocycles. The molecule has 2 aromatic rings. The van der Waals surface area contributed by atoms with Crippen LogP contribution < -0.4 is 16.2 Å². The normalized spacial score (nSPS) is 10.1. The van der Waals surface area contributed by atoms with Crippen LogP contribution in [-0.4, -0.2) is 0 Å². The molecule has 0 atom stereocenters. The maximum atomic E-state index is 13.9. The number of nitrogens with two attached hydrogens (primary N) is 2. The molecule has 6 heteroatoms. The van der Waals surface area contributed by atoms with E-state index < -0.39 is 5.82 Å². The Morgan fingerprint density at radius 2 is 1.85 bits per heavy atom. The molecule has 0 unspecified atom stereocenters. The van der Waals surface area contributed by atoms with Gasteiger partial charge in [-0.15, -0.1) is 0 Å². The zero-order valence-corrected chi connectivity index (χ0v) is 11.1. The summed E-state index contributed by atoms with van der Waals surface area (Å²) in [6, 6.07) is 10.0. The minimum absolute atomic E-state index is 0.0541. The smallest absolute Gasteiger partial charge is 0.188 e. The zero-order chi connectivity index (χ0) is 14.7. The molecule has 0 aliphatic carbocycles. The second kappa shape index (κ2) is 5.68. The summed E-state index contributed by atoms with van der Waals surface area (Å²) >= 11 is 5.72. The number of ether oxygens (including phenoxy) is 1. The number of benzene rings is 2. The predicted octanol–water partition coefficient (Wildman–Crippen LogP) is 3.50. The Morgan fingerprint density at radius 1 is 1.20 bits per heavy atom. The van der Waals surface area contributed by atoms with Gasteiger partial charge in [0, 0.05) is 0 Å². The van der Waals surface area contributed by atoms with Crippen LogP contribution >= 0.6 is 11.6 Å². The van der Waals surface area contributed by atoms with Crippen molar-refractivity contribution in [1.82, 2.24) is 0 Å². The van der Waals surface area contributed by atoms with E-state index in [4.69, 9.17) is 33.1 Å². The lowest BCUT2D eigenvalue weighted by Crippen LogP contribution is -1.99. The molecular weight excluding hydrogens is 281 g/mol. The number of nitrogens with zero attached hydrogens (tertiary/aromatic N) is 1. The van der Waals surface area contributed by atoms with Crippen LogP contribution in [0.3, 0.4) is 0 Å². The van der Waals surface area contributed by atoms with Gasteiger partial charge in [0.1, 0.15) is 10.8 Å². The third-order valence-electron chi connectivity index (χ3n) is 2.65. The first kappa shape index (κ1) is 14.0. The first-order valence-electron chi connectivity index (χ1n) is 5.69. The Hall–Kier alpha value is -2.45. The van der Waals surface area contributed by atoms with E-state index in [1.165, 1.54) is 6.07 Å². The van der Waals surface area contributed by atoms with Gasteiger partial charge in [0.2, 0.25) is 0 Å². The van der Waals surface area contributed by atoms with Crippen LogP contribution in [0.2, 0.25) is 5.02 Å². The molecule has 0 fully saturated rings. The first-order chi connectivity index (χ1) is 9.52. The highest BCUT2D eigenvalue weighted by Gasteiger charge is 2.16. The van der Waals surface area contributed by atoms with Gasteiger partial charge in [-0.1, -0.05) is 23.7 Å². The number of halogens is 2. The predicted molar refractivity (Wildman–Crippen MR) is 76.1 cm³/mol. The summed E-state index contributed by atoms with van der Waals surface area (Å²) in [6.45, 7) is 0. The van der Waals surface area contributed by atoms with Crippen molar-refractivity contribution in [3.8, 4) is 17.6 Å². The molecule has 0 radical (unpaired) electrons. The van der Waals surface area contributed by atoms with Gasteiger partial charge in [-0.25, -0.2) is 4.39 Å². The molecule has 4 nitrogen and oxygen atoms in total. The largest absolute Gasteiger partial charge is 0.452 e. The monoisotopic (exact) mass is 291 g/mol. The first-order valence-corrected chi connectivity index (χ1v) is 6.07. The molecule has 4 N–H and O–H groups in total. The van der Waals surface area contributed by atoms with Gasteiger partial charge in [-0.3, -0.25) is 0 Å². The minimum atomic E-state index is -0.801. The highest BCUT2D eigenvalue weighted by Crippen LogP contribution is 2.37. The Morgan fingerprint density at radius 3 is 2.45 bits per heavy atom. The number of nitrogen functional groups attached to an aromatic ring is 2. The van der Waals surface area contributed by atoms with Crippen molar-refractivity contribution < 1.29 is 9.13 Å². The molecule has 2 rings (SSSR count). The van der Waals surface area contributed by atoms with Gasteiger partial charge in [0.15, 0.2) is 11.6 Å². The van der Waals surface area contributed by atoms with Gasteiger partial charge in [-0.2, -0.15) is 5.26 Å². The van der Waals surface area contributed by atoms with E-state index in [1.807, 2.05) is 6.07 Å². The molecule has 0 aliphatic rings. The Bertz CT molecular complexity index is 680. The Balaban J connectivity index is 2.31. The fraction of sp³-hybridized carbons (Fsp3) is 0.0714. The number of nitriles is 1. The van der Waals surface area contributed by atoms with Crippen LogP contribution in [0.25, 0.3) is 0 Å². The van der Waals surface area contributed by atoms with Crippen molar-refractivity contribution in [2.45, 2.75) is 6.42 Å². The van der Waals surface area contributed by atoms with Crippen molar-refractivity contribution in [2.75, 3.05) is 11.5 Å². The molecule has 102 valence electrons. The van der Waals surface area contributed by atoms with E-state index >= 15 is 0 Å². The molecule has 0 saturated carbocycles. The number of anilines is 2. The molecule has 0 saturated heterocycles. The lowest BCUT2D eigenvalue weighted by Gasteiger charge is -2.12. The van der Waals surface area contributed by atoms with Gasteiger partial charge in [-0.05, 0) is 23.8 Å². The summed E-state index contributed by atoms with van der Waals surface area (Å²) in [5.74, 6) is -0.583. The van der Waals surface area contributed by atoms with Crippen molar-refractivity contribution in [1.29, 1.82) is 5.26 Å². The molecule has 0 aromatic heterocycles. The minimum Gasteiger partial charge on any atom is -0.452 e. The molecule has 0 heterocycles. The summed E-state index contributed by atoms with van der Waals surface area (Å²) < 4.78 is 19.3. The van der Waals surface area contributed by atoms with Crippen LogP contribution in [0.5, 0.6) is 11.5 Å². The standard InChI is InChI=1S/C14H11ClFN3O/c15-12-10(18)7-11(19)14(13(12)16)20-9-3-1-8(2-4-9)5-6-17/h1-4,7H,5,18-19H2. The van der Waals surface area contributed by atoms with E-state index in [0.717, 1.165) is 5.56 Å². The lowest BCUT2D eigenvalue weighted by atomic mass is 10.1. The quantitative estimate of drug-likeness (QED) is 0.848. The van der Waals surface area contributed by atoms with E-state index in [-0.39, 0.29) is 22.1 Å². The number of hydrogen-bond donors (Lipinski definition) is 2. The fourth-order valence-corrected chi connectivity index (χ4v) is 1.78. The van der Waals surface area contributed by atoms with Gasteiger partial charge in [0.25, 0.3) is 0 Å². The zero-order valence-electron chi connectivity index (χ0n) is 10.4. The van der Waals surface area contributed by atoms with Gasteiger partial charge in [0.05, 0.1) is 23.9 Å². The second-order valence-corrected chi connectivity index (χ2v) is 4.47. The van der Waals surface area contributed by atoms with E-state index in [2.05, 4.69) is 0 Å². The van der Waals surface area contributed by atoms with Crippen molar-refractivity contribution in [2.24, 2.45) is 0 Å². The summed E-state index contributed by atoms with van der Waals surface area (Å²) in [4.78, 5) is 0. The molecule has 2 aromatic carbocycles. The van der Waals surface area contributed by atoms with Crippen LogP contribution in [0.4, 0.5) is 15.8 Å². The van der Waals surface area contributed by atoms with Crippen molar-refractivity contribution >= 4 is 23.0 Å². The fourth-order valence-electron chi connectivity index (χ4n) is 1.64. The van der Waals surface area contributed by atoms with Gasteiger partial charge >= 0.3 is 0 Å². The maximum absolute atomic E-state index is 13.9. The average molecular weight is 292 g/mol. The molecule has 0 bridgehead atoms. The maximum Gasteiger partial charge on any atom is 0.188 e. The summed E-state index contributed by atoms with van der Waals surface area (Å²) in [7, 11) is 0. The van der Waals surface area contributed by atoms with Crippen LogP contribution in [-0.2, 0) is 6.42 Å². The second-order valence-electron chi connectivity index (χ2n) is 4.09. The highest BCUT2D eigenvalue weighted by atomic mass is 35.5. The Labute approximate surface area is 120 Å². The summed E-state index contributed by atoms with van der Waals surface area (Å²) in [5.41, 5.74) is 12.1. The van der Waals surface area contributed by atoms with E-state index in [0.29, 0.717) is 12.2 Å². The SMILES string of the molecule is N#CCc1ccc(Oc2c(N)cc(N)c(Cl)c2F)cc1. The third kappa shape index (κ3) is 2.76. The van der Waals surface area contributed by atoms with E-state index in [1.54, 1.807) is 24.3 Å². The number of rotatable bonds is 3. The molecule has 0 spiro atoms. The number of hydrogen-bond acceptors (Lipinski definition) is 4. The van der Waals surface area contributed by atoms with Crippen LogP contribution in [0, 0.1) is 17.1 Å². The summed E-state index contributed by atoms with van der Waals surface area (Å²) in [5, 5.41) is 8.35. The molecule has 20 heavy (non-hydrogen) atoms. The topological polar surface area (TPSA) is 85.1 Å². The summed E-state index contributed by atoms with van der Waals surface area (Å²) in [6.07, 6.45) is 0.296.